The molecule has 0 heterocycles. The van der Waals surface area contributed by atoms with Gasteiger partial charge in [-0.1, -0.05) is 24.3 Å². The van der Waals surface area contributed by atoms with E-state index in [1.165, 1.54) is 0 Å². The zero-order valence-electron chi connectivity index (χ0n) is 9.96. The Morgan fingerprint density at radius 2 is 1.83 bits per heavy atom. The number of fused-ring (bicyclic) bond motifs is 1. The summed E-state index contributed by atoms with van der Waals surface area (Å²) in [5.41, 5.74) is 0.910. The maximum Gasteiger partial charge on any atom is 0.488 e. The first-order valence-corrected chi connectivity index (χ1v) is 5.69. The van der Waals surface area contributed by atoms with Gasteiger partial charge in [0.25, 0.3) is 0 Å². The van der Waals surface area contributed by atoms with Crippen LogP contribution < -0.4 is 5.46 Å². The van der Waals surface area contributed by atoms with Gasteiger partial charge in [0.1, 0.15) is 0 Å². The molecule has 0 aliphatic heterocycles. The van der Waals surface area contributed by atoms with E-state index in [9.17, 15) is 4.79 Å². The standard InChI is InChI=1S/C13H13BO4/c1-2-18-13(15)11-4-3-10-8-12(14(16)17)6-5-9(10)7-11/h3-8,16-17H,2H2,1H3. The van der Waals surface area contributed by atoms with Gasteiger partial charge in [-0.15, -0.1) is 0 Å². The van der Waals surface area contributed by atoms with Crippen LogP contribution in [0.1, 0.15) is 17.3 Å². The van der Waals surface area contributed by atoms with E-state index in [1.807, 2.05) is 0 Å². The number of carbonyl (C=O) groups is 1. The van der Waals surface area contributed by atoms with Gasteiger partial charge in [0.15, 0.2) is 0 Å². The van der Waals surface area contributed by atoms with Crippen molar-refractivity contribution in [1.82, 2.24) is 0 Å². The Morgan fingerprint density at radius 3 is 2.50 bits per heavy atom. The first-order chi connectivity index (χ1) is 8.61. The molecule has 5 heteroatoms. The lowest BCUT2D eigenvalue weighted by molar-refractivity contribution is 0.0526. The summed E-state index contributed by atoms with van der Waals surface area (Å²) in [5.74, 6) is -0.356. The summed E-state index contributed by atoms with van der Waals surface area (Å²) >= 11 is 0. The largest absolute Gasteiger partial charge is 0.488 e. The van der Waals surface area contributed by atoms with Gasteiger partial charge in [0, 0.05) is 0 Å². The maximum atomic E-state index is 11.6. The van der Waals surface area contributed by atoms with Gasteiger partial charge >= 0.3 is 13.1 Å². The summed E-state index contributed by atoms with van der Waals surface area (Å²) in [4.78, 5) is 11.6. The van der Waals surface area contributed by atoms with Crippen LogP contribution >= 0.6 is 0 Å². The van der Waals surface area contributed by atoms with Gasteiger partial charge in [0.05, 0.1) is 12.2 Å². The minimum absolute atomic E-state index is 0.340. The fourth-order valence-electron chi connectivity index (χ4n) is 1.77. The van der Waals surface area contributed by atoms with E-state index in [4.69, 9.17) is 14.8 Å². The highest BCUT2D eigenvalue weighted by molar-refractivity contribution is 6.58. The van der Waals surface area contributed by atoms with Crippen LogP contribution in [0, 0.1) is 0 Å². The van der Waals surface area contributed by atoms with E-state index < -0.39 is 7.12 Å². The molecule has 0 aliphatic carbocycles. The Kier molecular flexibility index (Phi) is 3.65. The molecule has 4 nitrogen and oxygen atoms in total. The second kappa shape index (κ2) is 5.20. The zero-order valence-corrected chi connectivity index (χ0v) is 9.96. The number of ether oxygens (including phenoxy) is 1. The van der Waals surface area contributed by atoms with E-state index >= 15 is 0 Å². The molecule has 0 radical (unpaired) electrons. The number of benzene rings is 2. The van der Waals surface area contributed by atoms with Crippen LogP contribution in [0.3, 0.4) is 0 Å². The van der Waals surface area contributed by atoms with Gasteiger partial charge < -0.3 is 14.8 Å². The Labute approximate surface area is 105 Å². The fraction of sp³-hybridized carbons (Fsp3) is 0.154. The second-order valence-electron chi connectivity index (χ2n) is 3.92. The van der Waals surface area contributed by atoms with Crippen molar-refractivity contribution in [3.63, 3.8) is 0 Å². The molecule has 92 valence electrons. The average molecular weight is 244 g/mol. The molecular formula is C13H13BO4. The molecule has 2 aromatic carbocycles. The SMILES string of the molecule is CCOC(=O)c1ccc2cc(B(O)O)ccc2c1. The van der Waals surface area contributed by atoms with E-state index in [0.717, 1.165) is 10.8 Å². The molecule has 0 amide bonds. The van der Waals surface area contributed by atoms with Crippen LogP contribution in [-0.4, -0.2) is 29.7 Å². The highest BCUT2D eigenvalue weighted by Gasteiger charge is 2.12. The van der Waals surface area contributed by atoms with Gasteiger partial charge in [-0.2, -0.15) is 0 Å². The van der Waals surface area contributed by atoms with Crippen LogP contribution in [-0.2, 0) is 4.74 Å². The summed E-state index contributed by atoms with van der Waals surface area (Å²) in [5, 5.41) is 19.8. The van der Waals surface area contributed by atoms with Gasteiger partial charge in [-0.05, 0) is 35.3 Å². The smallest absolute Gasteiger partial charge is 0.462 e. The Balaban J connectivity index is 2.41. The number of hydrogen-bond acceptors (Lipinski definition) is 4. The van der Waals surface area contributed by atoms with Crippen molar-refractivity contribution < 1.29 is 19.6 Å². The summed E-state index contributed by atoms with van der Waals surface area (Å²) in [6, 6.07) is 10.2. The Morgan fingerprint density at radius 1 is 1.17 bits per heavy atom. The van der Waals surface area contributed by atoms with Crippen LogP contribution in [0.4, 0.5) is 0 Å². The quantitative estimate of drug-likeness (QED) is 0.616. The number of hydrogen-bond donors (Lipinski definition) is 2. The molecule has 0 saturated carbocycles. The van der Waals surface area contributed by atoms with E-state index in [0.29, 0.717) is 17.6 Å². The minimum Gasteiger partial charge on any atom is -0.462 e. The van der Waals surface area contributed by atoms with E-state index in [2.05, 4.69) is 0 Å². The molecular weight excluding hydrogens is 231 g/mol. The predicted molar refractivity (Wildman–Crippen MR) is 69.7 cm³/mol. The molecule has 0 aromatic heterocycles. The lowest BCUT2D eigenvalue weighted by Crippen LogP contribution is -2.29. The van der Waals surface area contributed by atoms with E-state index in [1.54, 1.807) is 43.3 Å². The lowest BCUT2D eigenvalue weighted by Gasteiger charge is -2.05. The summed E-state index contributed by atoms with van der Waals surface area (Å²) in [6.45, 7) is 2.10. The Hall–Kier alpha value is -1.85. The van der Waals surface area contributed by atoms with Crippen LogP contribution in [0.5, 0.6) is 0 Å². The molecule has 2 aromatic rings. The third-order valence-electron chi connectivity index (χ3n) is 2.67. The third-order valence-corrected chi connectivity index (χ3v) is 2.67. The van der Waals surface area contributed by atoms with Gasteiger partial charge in [-0.25, -0.2) is 4.79 Å². The molecule has 0 spiro atoms. The predicted octanol–water partition coefficient (Wildman–Crippen LogP) is 0.696. The van der Waals surface area contributed by atoms with Crippen LogP contribution in [0.15, 0.2) is 36.4 Å². The molecule has 2 N–H and O–H groups in total. The monoisotopic (exact) mass is 244 g/mol. The fourth-order valence-corrected chi connectivity index (χ4v) is 1.77. The van der Waals surface area contributed by atoms with Crippen LogP contribution in [0.2, 0.25) is 0 Å². The van der Waals surface area contributed by atoms with Gasteiger partial charge in [0.2, 0.25) is 0 Å². The van der Waals surface area contributed by atoms with Gasteiger partial charge in [-0.3, -0.25) is 0 Å². The van der Waals surface area contributed by atoms with Crippen molar-refractivity contribution in [2.75, 3.05) is 6.61 Å². The second-order valence-corrected chi connectivity index (χ2v) is 3.92. The minimum atomic E-state index is -1.49. The number of esters is 1. The molecule has 0 atom stereocenters. The van der Waals surface area contributed by atoms with Crippen molar-refractivity contribution in [3.8, 4) is 0 Å². The first-order valence-electron chi connectivity index (χ1n) is 5.69. The molecule has 2 rings (SSSR count). The molecule has 0 aliphatic rings. The topological polar surface area (TPSA) is 66.8 Å². The summed E-state index contributed by atoms with van der Waals surface area (Å²) < 4.78 is 4.92. The third kappa shape index (κ3) is 2.52. The molecule has 18 heavy (non-hydrogen) atoms. The van der Waals surface area contributed by atoms with Crippen molar-refractivity contribution in [3.05, 3.63) is 42.0 Å². The highest BCUT2D eigenvalue weighted by Crippen LogP contribution is 2.15. The van der Waals surface area contributed by atoms with Crippen LogP contribution in [0.25, 0.3) is 10.8 Å². The van der Waals surface area contributed by atoms with Crippen molar-refractivity contribution >= 4 is 29.3 Å². The zero-order chi connectivity index (χ0) is 13.1. The van der Waals surface area contributed by atoms with Crippen molar-refractivity contribution in [1.29, 1.82) is 0 Å². The first kappa shape index (κ1) is 12.6. The average Bonchev–Trinajstić information content (AvgIpc) is 2.37. The number of rotatable bonds is 3. The number of carbonyl (C=O) groups excluding carboxylic acids is 1. The molecule has 0 saturated heterocycles. The Bertz CT molecular complexity index is 580. The normalized spacial score (nSPS) is 10.4. The molecule has 0 fully saturated rings. The highest BCUT2D eigenvalue weighted by atomic mass is 16.5. The summed E-state index contributed by atoms with van der Waals surface area (Å²) in [7, 11) is -1.49. The molecule has 0 unspecified atom stereocenters. The van der Waals surface area contributed by atoms with Crippen molar-refractivity contribution in [2.45, 2.75) is 6.92 Å². The van der Waals surface area contributed by atoms with E-state index in [-0.39, 0.29) is 5.97 Å². The maximum absolute atomic E-state index is 11.6. The van der Waals surface area contributed by atoms with Crippen molar-refractivity contribution in [2.24, 2.45) is 0 Å². The lowest BCUT2D eigenvalue weighted by atomic mass is 9.79. The molecule has 0 bridgehead atoms. The summed E-state index contributed by atoms with van der Waals surface area (Å²) in [6.07, 6.45) is 0.